The molecule has 10 heteroatoms. The molecule has 1 N–H and O–H groups in total. The third-order valence-electron chi connectivity index (χ3n) is 4.23. The lowest BCUT2D eigenvalue weighted by molar-refractivity contribution is 0.158. The van der Waals surface area contributed by atoms with E-state index in [0.29, 0.717) is 28.8 Å². The van der Waals surface area contributed by atoms with E-state index in [0.717, 1.165) is 17.8 Å². The number of anilines is 1. The van der Waals surface area contributed by atoms with Gasteiger partial charge in [-0.15, -0.1) is 0 Å². The molecule has 3 aromatic rings. The van der Waals surface area contributed by atoms with Gasteiger partial charge < -0.3 is 9.72 Å². The Hall–Kier alpha value is -3.01. The molecule has 0 aliphatic carbocycles. The third-order valence-corrected chi connectivity index (χ3v) is 5.20. The number of halogens is 1. The number of ether oxygens (including phenoxy) is 1. The maximum absolute atomic E-state index is 14.2. The first-order valence-corrected chi connectivity index (χ1v) is 9.57. The molecule has 1 saturated heterocycles. The first kappa shape index (κ1) is 18.4. The summed E-state index contributed by atoms with van der Waals surface area (Å²) < 4.78 is 19.6. The fraction of sp³-hybridized carbons (Fsp3) is 0.333. The second-order valence-electron chi connectivity index (χ2n) is 6.82. The van der Waals surface area contributed by atoms with E-state index in [9.17, 15) is 14.0 Å². The minimum Gasteiger partial charge on any atom is -0.409 e. The summed E-state index contributed by atoms with van der Waals surface area (Å²) in [5.41, 5.74) is -2.17. The number of rotatable bonds is 3. The summed E-state index contributed by atoms with van der Waals surface area (Å²) in [6.45, 7) is 3.65. The Balaban J connectivity index is 1.64. The fourth-order valence-electron chi connectivity index (χ4n) is 2.86. The van der Waals surface area contributed by atoms with Crippen molar-refractivity contribution in [2.45, 2.75) is 25.9 Å². The van der Waals surface area contributed by atoms with Crippen molar-refractivity contribution < 1.29 is 13.9 Å². The van der Waals surface area contributed by atoms with Crippen LogP contribution in [0, 0.1) is 0 Å². The number of carbonyl (C=O) groups is 1. The van der Waals surface area contributed by atoms with Crippen LogP contribution in [-0.2, 0) is 5.67 Å². The predicted octanol–water partition coefficient (Wildman–Crippen LogP) is 3.21. The van der Waals surface area contributed by atoms with E-state index in [1.165, 1.54) is 18.9 Å². The van der Waals surface area contributed by atoms with Gasteiger partial charge in [0, 0.05) is 13.1 Å². The lowest BCUT2D eigenvalue weighted by atomic mass is 10.1. The minimum atomic E-state index is -1.78. The van der Waals surface area contributed by atoms with Crippen LogP contribution in [-0.4, -0.2) is 39.1 Å². The predicted molar refractivity (Wildman–Crippen MR) is 103 cm³/mol. The maximum atomic E-state index is 14.2. The number of thiazole rings is 1. The van der Waals surface area contributed by atoms with Crippen LogP contribution in [0.15, 0.2) is 35.1 Å². The number of carbonyl (C=O) groups excluding carboxylic acids is 1. The van der Waals surface area contributed by atoms with Gasteiger partial charge in [-0.3, -0.25) is 9.80 Å². The molecule has 146 valence electrons. The molecule has 1 amide bonds. The molecule has 28 heavy (non-hydrogen) atoms. The van der Waals surface area contributed by atoms with Crippen molar-refractivity contribution in [3.63, 3.8) is 0 Å². The number of hydrogen-bond acceptors (Lipinski definition) is 7. The largest absolute Gasteiger partial charge is 0.434 e. The molecule has 3 heterocycles. The molecule has 1 aliphatic rings. The first-order chi connectivity index (χ1) is 13.3. The summed E-state index contributed by atoms with van der Waals surface area (Å²) >= 11 is 1.13. The maximum Gasteiger partial charge on any atom is 0.434 e. The van der Waals surface area contributed by atoms with Crippen LogP contribution in [0.25, 0.3) is 10.3 Å². The van der Waals surface area contributed by atoms with E-state index in [1.54, 1.807) is 29.3 Å². The number of fused-ring (bicyclic) bond motifs is 1. The zero-order valence-corrected chi connectivity index (χ0v) is 16.1. The molecule has 0 spiro atoms. The van der Waals surface area contributed by atoms with E-state index in [4.69, 9.17) is 4.74 Å². The van der Waals surface area contributed by atoms with Crippen LogP contribution >= 0.6 is 11.3 Å². The molecule has 1 fully saturated rings. The SMILES string of the molecule is CC(C)(F)c1nc2sc(N3CCCN3C(=O)Oc3ccccc3)nc2c(=O)[nH]1. The number of nitrogens with zero attached hydrogens (tertiary/aromatic N) is 4. The Morgan fingerprint density at radius 2 is 2.00 bits per heavy atom. The van der Waals surface area contributed by atoms with Crippen LogP contribution < -0.4 is 15.3 Å². The molecule has 1 aromatic carbocycles. The number of amides is 1. The monoisotopic (exact) mass is 403 g/mol. The Morgan fingerprint density at radius 1 is 1.25 bits per heavy atom. The second kappa shape index (κ2) is 6.86. The average molecular weight is 403 g/mol. The third kappa shape index (κ3) is 3.42. The number of hydrazine groups is 1. The van der Waals surface area contributed by atoms with Gasteiger partial charge in [-0.1, -0.05) is 29.5 Å². The van der Waals surface area contributed by atoms with Crippen LogP contribution in [0.4, 0.5) is 14.3 Å². The van der Waals surface area contributed by atoms with Gasteiger partial charge in [-0.25, -0.2) is 24.2 Å². The Labute approximate surface area is 163 Å². The highest BCUT2D eigenvalue weighted by atomic mass is 32.1. The van der Waals surface area contributed by atoms with E-state index in [-0.39, 0.29) is 11.3 Å². The van der Waals surface area contributed by atoms with Gasteiger partial charge in [-0.05, 0) is 32.4 Å². The van der Waals surface area contributed by atoms with Crippen molar-refractivity contribution in [1.82, 2.24) is 20.0 Å². The Kier molecular flexibility index (Phi) is 4.50. The molecular formula is C18H18FN5O3S. The van der Waals surface area contributed by atoms with Gasteiger partial charge in [0.1, 0.15) is 11.6 Å². The summed E-state index contributed by atoms with van der Waals surface area (Å²) in [5.74, 6) is 0.388. The molecule has 0 unspecified atom stereocenters. The fourth-order valence-corrected chi connectivity index (χ4v) is 3.83. The molecular weight excluding hydrogens is 385 g/mol. The van der Waals surface area contributed by atoms with E-state index < -0.39 is 17.3 Å². The first-order valence-electron chi connectivity index (χ1n) is 8.75. The van der Waals surface area contributed by atoms with Crippen molar-refractivity contribution in [2.24, 2.45) is 0 Å². The van der Waals surface area contributed by atoms with Crippen LogP contribution in [0.2, 0.25) is 0 Å². The van der Waals surface area contributed by atoms with Gasteiger partial charge in [0.25, 0.3) is 5.56 Å². The standard InChI is InChI=1S/C18H18FN5O3S/c1-18(2,19)15-21-13(25)12-14(22-15)28-16(20-12)23-9-6-10-24(23)17(26)27-11-7-4-3-5-8-11/h3-5,7-8H,6,9-10H2,1-2H3,(H,21,22,25). The highest BCUT2D eigenvalue weighted by Crippen LogP contribution is 2.31. The molecule has 4 rings (SSSR count). The Bertz CT molecular complexity index is 1080. The lowest BCUT2D eigenvalue weighted by Crippen LogP contribution is -2.43. The summed E-state index contributed by atoms with van der Waals surface area (Å²) in [7, 11) is 0. The van der Waals surface area contributed by atoms with Crippen molar-refractivity contribution in [1.29, 1.82) is 0 Å². The number of hydrogen-bond donors (Lipinski definition) is 1. The van der Waals surface area contributed by atoms with Crippen molar-refractivity contribution in [2.75, 3.05) is 18.1 Å². The number of H-pyrrole nitrogens is 1. The zero-order valence-electron chi connectivity index (χ0n) is 15.3. The second-order valence-corrected chi connectivity index (χ2v) is 7.77. The van der Waals surface area contributed by atoms with Crippen LogP contribution in [0.5, 0.6) is 5.75 Å². The number of para-hydroxylation sites is 1. The van der Waals surface area contributed by atoms with Crippen molar-refractivity contribution >= 4 is 32.9 Å². The minimum absolute atomic E-state index is 0.0537. The molecule has 2 aromatic heterocycles. The topological polar surface area (TPSA) is 91.4 Å². The Morgan fingerprint density at radius 3 is 2.71 bits per heavy atom. The van der Waals surface area contributed by atoms with Gasteiger partial charge in [-0.2, -0.15) is 0 Å². The molecule has 1 aliphatic heterocycles. The smallest absolute Gasteiger partial charge is 0.409 e. The zero-order chi connectivity index (χ0) is 19.9. The molecule has 0 bridgehead atoms. The molecule has 0 atom stereocenters. The number of benzene rings is 1. The number of nitrogens with one attached hydrogen (secondary N) is 1. The number of aromatic nitrogens is 3. The van der Waals surface area contributed by atoms with Crippen LogP contribution in [0.1, 0.15) is 26.1 Å². The van der Waals surface area contributed by atoms with Gasteiger partial charge >= 0.3 is 6.09 Å². The number of alkyl halides is 1. The van der Waals surface area contributed by atoms with Gasteiger partial charge in [0.05, 0.1) is 0 Å². The highest BCUT2D eigenvalue weighted by Gasteiger charge is 2.32. The van der Waals surface area contributed by atoms with Crippen molar-refractivity contribution in [3.05, 3.63) is 46.5 Å². The van der Waals surface area contributed by atoms with Crippen LogP contribution in [0.3, 0.4) is 0 Å². The van der Waals surface area contributed by atoms with E-state index >= 15 is 0 Å². The summed E-state index contributed by atoms with van der Waals surface area (Å²) in [4.78, 5) is 36.1. The highest BCUT2D eigenvalue weighted by molar-refractivity contribution is 7.21. The lowest BCUT2D eigenvalue weighted by Gasteiger charge is -2.26. The molecule has 0 radical (unpaired) electrons. The summed E-state index contributed by atoms with van der Waals surface area (Å²) in [5, 5.41) is 3.54. The summed E-state index contributed by atoms with van der Waals surface area (Å²) in [6.07, 6.45) is 0.197. The summed E-state index contributed by atoms with van der Waals surface area (Å²) in [6, 6.07) is 8.77. The van der Waals surface area contributed by atoms with Gasteiger partial charge in [0.15, 0.2) is 16.0 Å². The number of aromatic amines is 1. The van der Waals surface area contributed by atoms with E-state index in [2.05, 4.69) is 15.0 Å². The quantitative estimate of drug-likeness (QED) is 0.722. The van der Waals surface area contributed by atoms with E-state index in [1.807, 2.05) is 6.07 Å². The van der Waals surface area contributed by atoms with Gasteiger partial charge in [0.2, 0.25) is 5.13 Å². The normalized spacial score (nSPS) is 14.7. The average Bonchev–Trinajstić information content (AvgIpc) is 3.28. The van der Waals surface area contributed by atoms with Crippen molar-refractivity contribution in [3.8, 4) is 5.75 Å². The molecule has 8 nitrogen and oxygen atoms in total. The molecule has 0 saturated carbocycles.